The van der Waals surface area contributed by atoms with Crippen molar-refractivity contribution in [1.82, 2.24) is 30.3 Å². The first-order chi connectivity index (χ1) is 15.8. The van der Waals surface area contributed by atoms with Crippen LogP contribution in [0.25, 0.3) is 0 Å². The number of alkyl halides is 3. The van der Waals surface area contributed by atoms with E-state index in [0.29, 0.717) is 31.5 Å². The van der Waals surface area contributed by atoms with E-state index in [1.807, 2.05) is 9.80 Å². The quantitative estimate of drug-likeness (QED) is 0.717. The molecule has 33 heavy (non-hydrogen) atoms. The number of nitrogens with zero attached hydrogens (tertiary/aromatic N) is 4. The third-order valence-electron chi connectivity index (χ3n) is 7.58. The number of H-pyrrole nitrogens is 1. The molecule has 1 aromatic heterocycles. The molecule has 7 nitrogen and oxygen atoms in total. The van der Waals surface area contributed by atoms with Crippen molar-refractivity contribution in [3.63, 3.8) is 0 Å². The highest BCUT2D eigenvalue weighted by Gasteiger charge is 2.55. The van der Waals surface area contributed by atoms with E-state index in [-0.39, 0.29) is 17.5 Å². The summed E-state index contributed by atoms with van der Waals surface area (Å²) in [6, 6.07) is 5.46. The van der Waals surface area contributed by atoms with Crippen LogP contribution < -0.4 is 5.32 Å². The van der Waals surface area contributed by atoms with Crippen LogP contribution in [0.4, 0.5) is 18.0 Å². The number of hydrogen-bond donors (Lipinski definition) is 2. The summed E-state index contributed by atoms with van der Waals surface area (Å²) < 4.78 is 38.0. The summed E-state index contributed by atoms with van der Waals surface area (Å²) in [6.07, 6.45) is 0.234. The van der Waals surface area contributed by atoms with E-state index in [0.717, 1.165) is 55.3 Å². The van der Waals surface area contributed by atoms with Gasteiger partial charge in [-0.25, -0.2) is 4.79 Å². The van der Waals surface area contributed by atoms with Crippen LogP contribution in [0.2, 0.25) is 0 Å². The number of carbonyl (C=O) groups is 1. The van der Waals surface area contributed by atoms with Gasteiger partial charge in [-0.3, -0.25) is 0 Å². The highest BCUT2D eigenvalue weighted by molar-refractivity contribution is 5.76. The molecule has 2 amide bonds. The summed E-state index contributed by atoms with van der Waals surface area (Å²) in [4.78, 5) is 19.9. The Balaban J connectivity index is 0.908. The van der Waals surface area contributed by atoms with Crippen LogP contribution in [0.5, 0.6) is 0 Å². The van der Waals surface area contributed by atoms with Crippen molar-refractivity contribution in [2.45, 2.75) is 56.3 Å². The molecule has 3 heterocycles. The summed E-state index contributed by atoms with van der Waals surface area (Å²) in [5, 5.41) is 11.9. The standard InChI is InChI=1S/C23H27F3N6O/c24-23(25,26)17-5-1-14(2-6-17)9-27-18-10-31(11-18)21(33)32-12-22(13-32)7-16(8-22)20-28-19(29-30-20)15-3-4-15/h1-2,5-6,15-16,18,27H,3-4,7-13H2,(H,28,29,30). The molecule has 10 heteroatoms. The number of rotatable bonds is 5. The van der Waals surface area contributed by atoms with E-state index in [1.54, 1.807) is 0 Å². The summed E-state index contributed by atoms with van der Waals surface area (Å²) in [6.45, 7) is 3.38. The number of aromatic amines is 1. The maximum absolute atomic E-state index is 12.7. The van der Waals surface area contributed by atoms with Gasteiger partial charge in [-0.1, -0.05) is 12.1 Å². The topological polar surface area (TPSA) is 77.2 Å². The number of urea groups is 1. The summed E-state index contributed by atoms with van der Waals surface area (Å²) in [5.74, 6) is 3.07. The molecule has 2 saturated carbocycles. The second-order valence-corrected chi connectivity index (χ2v) is 10.3. The number of carbonyl (C=O) groups excluding carboxylic acids is 1. The zero-order chi connectivity index (χ0) is 22.8. The monoisotopic (exact) mass is 460 g/mol. The van der Waals surface area contributed by atoms with Crippen LogP contribution in [-0.4, -0.2) is 63.2 Å². The van der Waals surface area contributed by atoms with E-state index < -0.39 is 11.7 Å². The highest BCUT2D eigenvalue weighted by Crippen LogP contribution is 2.55. The Hall–Kier alpha value is -2.62. The molecule has 2 N–H and O–H groups in total. The van der Waals surface area contributed by atoms with E-state index in [2.05, 4.69) is 20.5 Å². The minimum absolute atomic E-state index is 0.0901. The summed E-state index contributed by atoms with van der Waals surface area (Å²) >= 11 is 0. The number of amides is 2. The van der Waals surface area contributed by atoms with Gasteiger partial charge in [-0.2, -0.15) is 13.2 Å². The molecule has 0 bridgehead atoms. The van der Waals surface area contributed by atoms with Crippen molar-refractivity contribution in [2.75, 3.05) is 26.2 Å². The molecule has 176 valence electrons. The maximum atomic E-state index is 12.7. The molecule has 1 aromatic carbocycles. The first-order valence-electron chi connectivity index (χ1n) is 11.6. The Morgan fingerprint density at radius 2 is 1.67 bits per heavy atom. The van der Waals surface area contributed by atoms with Crippen LogP contribution >= 0.6 is 0 Å². The number of aromatic nitrogens is 3. The Morgan fingerprint density at radius 3 is 2.27 bits per heavy atom. The van der Waals surface area contributed by atoms with Gasteiger partial charge in [0.15, 0.2) is 0 Å². The average molecular weight is 461 g/mol. The Labute approximate surface area is 189 Å². The van der Waals surface area contributed by atoms with Gasteiger partial charge in [0.25, 0.3) is 0 Å². The van der Waals surface area contributed by atoms with E-state index >= 15 is 0 Å². The minimum Gasteiger partial charge on any atom is -0.328 e. The number of halogens is 3. The van der Waals surface area contributed by atoms with Gasteiger partial charge >= 0.3 is 12.2 Å². The first kappa shape index (κ1) is 20.9. The molecule has 4 fully saturated rings. The van der Waals surface area contributed by atoms with Gasteiger partial charge in [0.1, 0.15) is 11.6 Å². The fourth-order valence-electron chi connectivity index (χ4n) is 5.39. The number of benzene rings is 1. The third-order valence-corrected chi connectivity index (χ3v) is 7.58. The molecular weight excluding hydrogens is 433 g/mol. The number of hydrogen-bond acceptors (Lipinski definition) is 4. The lowest BCUT2D eigenvalue weighted by Gasteiger charge is -2.59. The zero-order valence-corrected chi connectivity index (χ0v) is 18.2. The summed E-state index contributed by atoms with van der Waals surface area (Å²) in [7, 11) is 0. The third kappa shape index (κ3) is 3.98. The molecule has 0 radical (unpaired) electrons. The predicted octanol–water partition coefficient (Wildman–Crippen LogP) is 3.47. The van der Waals surface area contributed by atoms with E-state index in [1.165, 1.54) is 25.0 Å². The van der Waals surface area contributed by atoms with Crippen LogP contribution in [0.1, 0.15) is 60.3 Å². The Morgan fingerprint density at radius 1 is 1.03 bits per heavy atom. The van der Waals surface area contributed by atoms with Crippen molar-refractivity contribution < 1.29 is 18.0 Å². The smallest absolute Gasteiger partial charge is 0.328 e. The SMILES string of the molecule is O=C(N1CC(NCc2ccc(C(F)(F)F)cc2)C1)N1CC2(CC(c3nnc(C4CC4)[nH]3)C2)C1. The van der Waals surface area contributed by atoms with Crippen LogP contribution in [0, 0.1) is 5.41 Å². The Bertz CT molecular complexity index is 1030. The van der Waals surface area contributed by atoms with Gasteiger partial charge in [0.05, 0.1) is 5.56 Å². The molecule has 2 saturated heterocycles. The van der Waals surface area contributed by atoms with Crippen molar-refractivity contribution in [2.24, 2.45) is 5.41 Å². The Kier molecular flexibility index (Phi) is 4.73. The first-order valence-corrected chi connectivity index (χ1v) is 11.6. The summed E-state index contributed by atoms with van der Waals surface area (Å²) in [5.41, 5.74) is 0.409. The molecule has 4 aliphatic rings. The molecule has 2 aromatic rings. The highest BCUT2D eigenvalue weighted by atomic mass is 19.4. The van der Waals surface area contributed by atoms with Crippen molar-refractivity contribution in [1.29, 1.82) is 0 Å². The molecule has 2 aliphatic heterocycles. The van der Waals surface area contributed by atoms with Crippen molar-refractivity contribution >= 4 is 6.03 Å². The second kappa shape index (κ2) is 7.44. The van der Waals surface area contributed by atoms with Crippen LogP contribution in [0.15, 0.2) is 24.3 Å². The number of likely N-dealkylation sites (tertiary alicyclic amines) is 2. The van der Waals surface area contributed by atoms with Gasteiger partial charge in [-0.05, 0) is 43.4 Å². The fraction of sp³-hybridized carbons (Fsp3) is 0.609. The van der Waals surface area contributed by atoms with Crippen molar-refractivity contribution in [3.05, 3.63) is 47.0 Å². The minimum atomic E-state index is -4.31. The van der Waals surface area contributed by atoms with Crippen LogP contribution in [0.3, 0.4) is 0 Å². The molecule has 2 aliphatic carbocycles. The fourth-order valence-corrected chi connectivity index (χ4v) is 5.39. The van der Waals surface area contributed by atoms with Crippen molar-refractivity contribution in [3.8, 4) is 0 Å². The van der Waals surface area contributed by atoms with E-state index in [4.69, 9.17) is 0 Å². The number of nitrogens with one attached hydrogen (secondary N) is 2. The lowest BCUT2D eigenvalue weighted by molar-refractivity contribution is -0.137. The molecule has 1 spiro atoms. The zero-order valence-electron chi connectivity index (χ0n) is 18.2. The van der Waals surface area contributed by atoms with Gasteiger partial charge in [0.2, 0.25) is 0 Å². The molecule has 0 unspecified atom stereocenters. The van der Waals surface area contributed by atoms with Gasteiger partial charge in [0, 0.05) is 56.0 Å². The maximum Gasteiger partial charge on any atom is 0.416 e. The van der Waals surface area contributed by atoms with Gasteiger partial charge in [-0.15, -0.1) is 10.2 Å². The lowest BCUT2D eigenvalue weighted by atomic mass is 9.57. The average Bonchev–Trinajstić information content (AvgIpc) is 3.42. The molecule has 6 rings (SSSR count). The second-order valence-electron chi connectivity index (χ2n) is 10.3. The van der Waals surface area contributed by atoms with Crippen LogP contribution in [-0.2, 0) is 12.7 Å². The largest absolute Gasteiger partial charge is 0.416 e. The normalized spacial score (nSPS) is 22.8. The molecule has 0 atom stereocenters. The van der Waals surface area contributed by atoms with E-state index in [9.17, 15) is 18.0 Å². The van der Waals surface area contributed by atoms with Gasteiger partial charge < -0.3 is 20.1 Å². The lowest BCUT2D eigenvalue weighted by Crippen LogP contribution is -2.69. The molecular formula is C23H27F3N6O. The predicted molar refractivity (Wildman–Crippen MR) is 113 cm³/mol.